The molecule has 0 radical (unpaired) electrons. The summed E-state index contributed by atoms with van der Waals surface area (Å²) in [5.41, 5.74) is 0. The molecule has 0 amide bonds. The molecule has 0 aliphatic carbocycles. The Labute approximate surface area is 77.8 Å². The Bertz CT molecular complexity index is 199. The van der Waals surface area contributed by atoms with Crippen LogP contribution in [0.3, 0.4) is 0 Å². The summed E-state index contributed by atoms with van der Waals surface area (Å²) in [6.45, 7) is 2.31. The molecule has 1 atom stereocenters. The third kappa shape index (κ3) is 6.84. The highest BCUT2D eigenvalue weighted by Gasteiger charge is 2.13. The SMILES string of the molecule is CCCC(COC)NS(=O)(=O)Cl. The fraction of sp³-hybridized carbons (Fsp3) is 1.00. The van der Waals surface area contributed by atoms with Crippen molar-refractivity contribution in [1.29, 1.82) is 0 Å². The van der Waals surface area contributed by atoms with E-state index in [4.69, 9.17) is 15.4 Å². The summed E-state index contributed by atoms with van der Waals surface area (Å²) in [5, 5.41) is 0. The summed E-state index contributed by atoms with van der Waals surface area (Å²) in [6, 6.07) is -0.220. The zero-order chi connectivity index (χ0) is 9.61. The van der Waals surface area contributed by atoms with Gasteiger partial charge < -0.3 is 4.74 Å². The van der Waals surface area contributed by atoms with Crippen LogP contribution in [0.2, 0.25) is 0 Å². The molecule has 74 valence electrons. The van der Waals surface area contributed by atoms with Crippen LogP contribution in [0.5, 0.6) is 0 Å². The second kappa shape index (κ2) is 5.75. The van der Waals surface area contributed by atoms with E-state index in [9.17, 15) is 8.42 Å². The van der Waals surface area contributed by atoms with Crippen LogP contribution in [-0.2, 0) is 14.0 Å². The van der Waals surface area contributed by atoms with Crippen molar-refractivity contribution in [3.63, 3.8) is 0 Å². The molecule has 0 aromatic heterocycles. The van der Waals surface area contributed by atoms with E-state index < -0.39 is 9.24 Å². The quantitative estimate of drug-likeness (QED) is 0.670. The van der Waals surface area contributed by atoms with Gasteiger partial charge in [0.15, 0.2) is 0 Å². The minimum absolute atomic E-state index is 0.220. The summed E-state index contributed by atoms with van der Waals surface area (Å²) in [4.78, 5) is 0. The van der Waals surface area contributed by atoms with Crippen molar-refractivity contribution in [2.45, 2.75) is 25.8 Å². The summed E-state index contributed by atoms with van der Waals surface area (Å²) in [5.74, 6) is 0. The van der Waals surface area contributed by atoms with Gasteiger partial charge in [0.2, 0.25) is 0 Å². The highest BCUT2D eigenvalue weighted by atomic mass is 35.7. The highest BCUT2D eigenvalue weighted by molar-refractivity contribution is 8.12. The average Bonchev–Trinajstić information content (AvgIpc) is 1.84. The summed E-state index contributed by atoms with van der Waals surface area (Å²) in [7, 11) is 2.90. The molecular formula is C6H14ClNO3S. The van der Waals surface area contributed by atoms with Crippen LogP contribution in [-0.4, -0.2) is 28.2 Å². The number of nitrogens with one attached hydrogen (secondary N) is 1. The van der Waals surface area contributed by atoms with E-state index in [1.165, 1.54) is 7.11 Å². The number of hydrogen-bond donors (Lipinski definition) is 1. The molecule has 0 saturated heterocycles. The first-order valence-corrected chi connectivity index (χ1v) is 6.01. The van der Waals surface area contributed by atoms with Crippen molar-refractivity contribution >= 4 is 19.9 Å². The average molecular weight is 216 g/mol. The Balaban J connectivity index is 3.95. The molecule has 0 saturated carbocycles. The van der Waals surface area contributed by atoms with Crippen LogP contribution in [0.1, 0.15) is 19.8 Å². The molecular weight excluding hydrogens is 202 g/mol. The van der Waals surface area contributed by atoms with Crippen LogP contribution in [0.4, 0.5) is 0 Å². The first-order chi connectivity index (χ1) is 5.49. The van der Waals surface area contributed by atoms with Gasteiger partial charge in [-0.15, -0.1) is 0 Å². The van der Waals surface area contributed by atoms with Crippen LogP contribution in [0.25, 0.3) is 0 Å². The third-order valence-corrected chi connectivity index (χ3v) is 2.19. The molecule has 0 rings (SSSR count). The lowest BCUT2D eigenvalue weighted by molar-refractivity contribution is 0.171. The zero-order valence-electron chi connectivity index (χ0n) is 7.21. The molecule has 6 heteroatoms. The highest BCUT2D eigenvalue weighted by Crippen LogP contribution is 2.01. The van der Waals surface area contributed by atoms with Crippen LogP contribution >= 0.6 is 10.7 Å². The summed E-state index contributed by atoms with van der Waals surface area (Å²) < 4.78 is 28.3. The molecule has 0 aliphatic heterocycles. The Morgan fingerprint density at radius 2 is 2.17 bits per heavy atom. The predicted molar refractivity (Wildman–Crippen MR) is 48.5 cm³/mol. The lowest BCUT2D eigenvalue weighted by Crippen LogP contribution is -2.35. The fourth-order valence-electron chi connectivity index (χ4n) is 0.925. The van der Waals surface area contributed by atoms with Gasteiger partial charge in [0.05, 0.1) is 6.61 Å². The van der Waals surface area contributed by atoms with Gasteiger partial charge in [-0.05, 0) is 6.42 Å². The molecule has 0 aromatic rings. The molecule has 0 spiro atoms. The van der Waals surface area contributed by atoms with Gasteiger partial charge in [0.1, 0.15) is 0 Å². The van der Waals surface area contributed by atoms with E-state index in [-0.39, 0.29) is 6.04 Å². The Hall–Kier alpha value is 0.160. The molecule has 0 fully saturated rings. The van der Waals surface area contributed by atoms with Gasteiger partial charge in [-0.3, -0.25) is 0 Å². The van der Waals surface area contributed by atoms with Crippen molar-refractivity contribution < 1.29 is 13.2 Å². The van der Waals surface area contributed by atoms with Crippen LogP contribution in [0, 0.1) is 0 Å². The lowest BCUT2D eigenvalue weighted by atomic mass is 10.2. The van der Waals surface area contributed by atoms with E-state index in [1.807, 2.05) is 6.92 Å². The van der Waals surface area contributed by atoms with Crippen molar-refractivity contribution in [2.24, 2.45) is 0 Å². The van der Waals surface area contributed by atoms with Crippen LogP contribution < -0.4 is 4.72 Å². The number of hydrogen-bond acceptors (Lipinski definition) is 3. The normalized spacial score (nSPS) is 14.6. The van der Waals surface area contributed by atoms with Gasteiger partial charge >= 0.3 is 0 Å². The fourth-order valence-corrected chi connectivity index (χ4v) is 1.89. The minimum atomic E-state index is -3.63. The maximum Gasteiger partial charge on any atom is 0.297 e. The molecule has 1 N–H and O–H groups in total. The first-order valence-electron chi connectivity index (χ1n) is 3.70. The molecule has 1 unspecified atom stereocenters. The Morgan fingerprint density at radius 3 is 2.50 bits per heavy atom. The molecule has 4 nitrogen and oxygen atoms in total. The third-order valence-electron chi connectivity index (χ3n) is 1.31. The van der Waals surface area contributed by atoms with Crippen molar-refractivity contribution in [2.75, 3.05) is 13.7 Å². The predicted octanol–water partition coefficient (Wildman–Crippen LogP) is 0.875. The molecule has 0 aromatic carbocycles. The Kier molecular flexibility index (Phi) is 5.82. The van der Waals surface area contributed by atoms with E-state index in [0.717, 1.165) is 12.8 Å². The largest absolute Gasteiger partial charge is 0.383 e. The molecule has 0 heterocycles. The monoisotopic (exact) mass is 215 g/mol. The van der Waals surface area contributed by atoms with Crippen LogP contribution in [0.15, 0.2) is 0 Å². The number of ether oxygens (including phenoxy) is 1. The van der Waals surface area contributed by atoms with Gasteiger partial charge in [-0.25, -0.2) is 0 Å². The van der Waals surface area contributed by atoms with Gasteiger partial charge in [-0.1, -0.05) is 13.3 Å². The van der Waals surface area contributed by atoms with Crippen molar-refractivity contribution in [1.82, 2.24) is 4.72 Å². The summed E-state index contributed by atoms with van der Waals surface area (Å²) >= 11 is 0. The maximum absolute atomic E-state index is 10.6. The minimum Gasteiger partial charge on any atom is -0.383 e. The molecule has 0 aliphatic rings. The smallest absolute Gasteiger partial charge is 0.297 e. The van der Waals surface area contributed by atoms with Gasteiger partial charge in [0.25, 0.3) is 9.24 Å². The second-order valence-corrected chi connectivity index (χ2v) is 4.83. The lowest BCUT2D eigenvalue weighted by Gasteiger charge is -2.13. The van der Waals surface area contributed by atoms with Crippen molar-refractivity contribution in [3.8, 4) is 0 Å². The number of methoxy groups -OCH3 is 1. The van der Waals surface area contributed by atoms with E-state index >= 15 is 0 Å². The zero-order valence-corrected chi connectivity index (χ0v) is 8.78. The standard InChI is InChI=1S/C6H14ClNO3S/c1-3-4-6(5-11-2)8-12(7,9)10/h6,8H,3-5H2,1-2H3. The number of halogens is 1. The molecule has 12 heavy (non-hydrogen) atoms. The topological polar surface area (TPSA) is 55.4 Å². The van der Waals surface area contributed by atoms with Crippen molar-refractivity contribution in [3.05, 3.63) is 0 Å². The van der Waals surface area contributed by atoms with Gasteiger partial charge in [0, 0.05) is 23.8 Å². The first kappa shape index (κ1) is 12.2. The second-order valence-electron chi connectivity index (χ2n) is 2.50. The van der Waals surface area contributed by atoms with E-state index in [2.05, 4.69) is 4.72 Å². The summed E-state index contributed by atoms with van der Waals surface area (Å²) in [6.07, 6.45) is 1.60. The van der Waals surface area contributed by atoms with Gasteiger partial charge in [-0.2, -0.15) is 13.1 Å². The van der Waals surface area contributed by atoms with E-state index in [0.29, 0.717) is 6.61 Å². The number of rotatable bonds is 6. The maximum atomic E-state index is 10.6. The molecule has 0 bridgehead atoms. The Morgan fingerprint density at radius 1 is 1.58 bits per heavy atom. The van der Waals surface area contributed by atoms with E-state index in [1.54, 1.807) is 0 Å².